The van der Waals surface area contributed by atoms with Gasteiger partial charge in [0.15, 0.2) is 0 Å². The molecule has 0 aromatic heterocycles. The highest BCUT2D eigenvalue weighted by Crippen LogP contribution is 1.73. The van der Waals surface area contributed by atoms with E-state index in [1.54, 1.807) is 6.08 Å². The molecule has 0 atom stereocenters. The maximum Gasteiger partial charge on any atom is 0.254 e. The van der Waals surface area contributed by atoms with E-state index >= 15 is 0 Å². The van der Waals surface area contributed by atoms with Gasteiger partial charge < -0.3 is 21.3 Å². The van der Waals surface area contributed by atoms with Crippen molar-refractivity contribution < 1.29 is 10.2 Å². The van der Waals surface area contributed by atoms with Gasteiger partial charge in [-0.05, 0) is 45.2 Å². The third-order valence-corrected chi connectivity index (χ3v) is 0.530. The van der Waals surface area contributed by atoms with E-state index in [0.717, 1.165) is 0 Å². The molecule has 0 aliphatic rings. The first kappa shape index (κ1) is 18.8. The predicted octanol–water partition coefficient (Wildman–Crippen LogP) is 1.81. The highest BCUT2D eigenvalue weighted by Gasteiger charge is 1.90. The summed E-state index contributed by atoms with van der Waals surface area (Å²) in [5.74, 6) is 0. The average Bonchev–Trinajstić information content (AvgIpc) is 1.82. The molecule has 0 aromatic carbocycles. The van der Waals surface area contributed by atoms with Gasteiger partial charge in [0.25, 0.3) is 10.3 Å². The number of hydrogen-bond acceptors (Lipinski definition) is 2. The second kappa shape index (κ2) is 14.6. The molecule has 0 radical (unpaired) electrons. The van der Waals surface area contributed by atoms with Gasteiger partial charge in [-0.25, -0.2) is 0 Å². The Kier molecular flexibility index (Phi) is 19.7. The highest BCUT2D eigenvalue weighted by molar-refractivity contribution is 7.80. The lowest BCUT2D eigenvalue weighted by molar-refractivity contribution is 0.514. The number of rotatable bonds is 1. The van der Waals surface area contributed by atoms with Gasteiger partial charge in [-0.1, -0.05) is 6.08 Å². The Balaban J connectivity index is -0.000000147. The molecule has 0 saturated heterocycles. The van der Waals surface area contributed by atoms with Crippen LogP contribution in [-0.2, 0) is 0 Å². The number of aliphatic hydroxyl groups is 2. The van der Waals surface area contributed by atoms with Gasteiger partial charge in [-0.3, -0.25) is 0 Å². The van der Waals surface area contributed by atoms with Crippen molar-refractivity contribution in [1.82, 2.24) is 5.32 Å². The summed E-state index contributed by atoms with van der Waals surface area (Å²) < 4.78 is 0. The zero-order chi connectivity index (χ0) is 12.1. The van der Waals surface area contributed by atoms with Gasteiger partial charge in [-0.15, -0.1) is 6.58 Å². The molecule has 0 spiro atoms. The van der Waals surface area contributed by atoms with Crippen molar-refractivity contribution in [2.45, 2.75) is 26.8 Å². The van der Waals surface area contributed by atoms with E-state index < -0.39 is 5.17 Å². The summed E-state index contributed by atoms with van der Waals surface area (Å²) in [4.78, 5) is 0. The Morgan fingerprint density at radius 2 is 1.64 bits per heavy atom. The number of allylic oxidation sites excluding steroid dienone is 1. The maximum atomic E-state index is 8.34. The largest absolute Gasteiger partial charge is 0.487 e. The lowest BCUT2D eigenvalue weighted by Gasteiger charge is -2.03. The van der Waals surface area contributed by atoms with Gasteiger partial charge in [0.1, 0.15) is 0 Å². The SMILES string of the molecule is C=CC.CC(C)NC(O)=S.NC(O)=S. The molecule has 4 nitrogen and oxygen atoms in total. The third kappa shape index (κ3) is 117. The summed E-state index contributed by atoms with van der Waals surface area (Å²) >= 11 is 8.19. The van der Waals surface area contributed by atoms with Crippen LogP contribution in [0.3, 0.4) is 0 Å². The molecule has 0 aliphatic carbocycles. The quantitative estimate of drug-likeness (QED) is 0.412. The van der Waals surface area contributed by atoms with Gasteiger partial charge in [0.2, 0.25) is 0 Å². The van der Waals surface area contributed by atoms with Crippen LogP contribution in [-0.4, -0.2) is 26.6 Å². The minimum absolute atomic E-state index is 0.130. The Labute approximate surface area is 95.8 Å². The Morgan fingerprint density at radius 1 is 1.43 bits per heavy atom. The fraction of sp³-hybridized carbons (Fsp3) is 0.500. The molecule has 0 rings (SSSR count). The first-order chi connectivity index (χ1) is 6.27. The molecule has 0 fully saturated rings. The van der Waals surface area contributed by atoms with Gasteiger partial charge >= 0.3 is 0 Å². The van der Waals surface area contributed by atoms with Crippen molar-refractivity contribution in [2.24, 2.45) is 5.73 Å². The normalized spacial score (nSPS) is 7.14. The number of thiocarbonyl (C=S) groups is 2. The summed E-state index contributed by atoms with van der Waals surface area (Å²) in [5.41, 5.74) is 4.40. The van der Waals surface area contributed by atoms with Crippen molar-refractivity contribution in [1.29, 1.82) is 0 Å². The third-order valence-electron chi connectivity index (χ3n) is 0.412. The van der Waals surface area contributed by atoms with E-state index in [2.05, 4.69) is 42.1 Å². The van der Waals surface area contributed by atoms with E-state index in [4.69, 9.17) is 10.2 Å². The smallest absolute Gasteiger partial charge is 0.254 e. The number of aliphatic hydroxyl groups excluding tert-OH is 2. The molecule has 0 amide bonds. The van der Waals surface area contributed by atoms with Crippen LogP contribution in [0, 0.1) is 0 Å². The second-order valence-electron chi connectivity index (χ2n) is 2.35. The molecular weight excluding hydrogens is 220 g/mol. The molecule has 0 heterocycles. The van der Waals surface area contributed by atoms with Crippen molar-refractivity contribution >= 4 is 34.8 Å². The summed E-state index contributed by atoms with van der Waals surface area (Å²) in [5, 5.41) is 17.9. The van der Waals surface area contributed by atoms with Crippen LogP contribution in [0.1, 0.15) is 20.8 Å². The topological polar surface area (TPSA) is 78.5 Å². The summed E-state index contributed by atoms with van der Waals surface area (Å²) in [6, 6.07) is 0.234. The van der Waals surface area contributed by atoms with E-state index in [1.165, 1.54) is 0 Å². The van der Waals surface area contributed by atoms with Crippen LogP contribution in [0.25, 0.3) is 0 Å². The minimum Gasteiger partial charge on any atom is -0.487 e. The molecule has 0 aliphatic heterocycles. The lowest BCUT2D eigenvalue weighted by Crippen LogP contribution is -2.27. The van der Waals surface area contributed by atoms with Crippen LogP contribution in [0.5, 0.6) is 0 Å². The van der Waals surface area contributed by atoms with Gasteiger partial charge in [0, 0.05) is 6.04 Å². The molecule has 6 heteroatoms. The minimum atomic E-state index is -0.500. The average molecular weight is 238 g/mol. The van der Waals surface area contributed by atoms with Crippen molar-refractivity contribution in [3.8, 4) is 0 Å². The molecule has 5 N–H and O–H groups in total. The van der Waals surface area contributed by atoms with Crippen LogP contribution in [0.2, 0.25) is 0 Å². The van der Waals surface area contributed by atoms with Crippen LogP contribution >= 0.6 is 24.4 Å². The number of nitrogens with one attached hydrogen (secondary N) is 1. The molecule has 84 valence electrons. The molecule has 0 bridgehead atoms. The summed E-state index contributed by atoms with van der Waals surface area (Å²) in [7, 11) is 0. The van der Waals surface area contributed by atoms with Crippen LogP contribution < -0.4 is 11.1 Å². The monoisotopic (exact) mass is 238 g/mol. The Hall–Kier alpha value is -0.880. The molecule has 0 aromatic rings. The lowest BCUT2D eigenvalue weighted by atomic mass is 10.4. The number of nitrogens with two attached hydrogens (primary N) is 1. The fourth-order valence-electron chi connectivity index (χ4n) is 0.247. The highest BCUT2D eigenvalue weighted by atomic mass is 32.1. The van der Waals surface area contributed by atoms with Crippen LogP contribution in [0.15, 0.2) is 12.7 Å². The molecule has 0 unspecified atom stereocenters. The van der Waals surface area contributed by atoms with Crippen LogP contribution in [0.4, 0.5) is 0 Å². The maximum absolute atomic E-state index is 8.34. The predicted molar refractivity (Wildman–Crippen MR) is 68.8 cm³/mol. The van der Waals surface area contributed by atoms with E-state index in [-0.39, 0.29) is 11.2 Å². The van der Waals surface area contributed by atoms with E-state index in [1.807, 2.05) is 20.8 Å². The van der Waals surface area contributed by atoms with E-state index in [9.17, 15) is 0 Å². The Bertz CT molecular complexity index is 169. The Morgan fingerprint density at radius 3 is 1.64 bits per heavy atom. The fourth-order valence-corrected chi connectivity index (χ4v) is 0.483. The first-order valence-electron chi connectivity index (χ1n) is 3.82. The van der Waals surface area contributed by atoms with Crippen molar-refractivity contribution in [3.63, 3.8) is 0 Å². The number of hydrogen-bond donors (Lipinski definition) is 4. The molecular formula is C8H18N2O2S2. The first-order valence-corrected chi connectivity index (χ1v) is 4.64. The standard InChI is InChI=1S/C4H9NOS.C3H6.CH3NOS/c1-3(2)5-4(6)7;1-3-2;2-1(3)4/h3H,1-2H3,(H2,5,6,7);3H,1H2,2H3;(H3,2,3,4). The zero-order valence-corrected chi connectivity index (χ0v) is 10.3. The zero-order valence-electron chi connectivity index (χ0n) is 8.65. The van der Waals surface area contributed by atoms with Gasteiger partial charge in [0.05, 0.1) is 0 Å². The second-order valence-corrected chi connectivity index (χ2v) is 3.16. The molecule has 14 heavy (non-hydrogen) atoms. The van der Waals surface area contributed by atoms with Gasteiger partial charge in [-0.2, -0.15) is 0 Å². The molecule has 0 saturated carbocycles. The summed E-state index contributed by atoms with van der Waals surface area (Å²) in [6.45, 7) is 9.06. The van der Waals surface area contributed by atoms with Crippen molar-refractivity contribution in [3.05, 3.63) is 12.7 Å². The summed E-state index contributed by atoms with van der Waals surface area (Å²) in [6.07, 6.45) is 1.75. The van der Waals surface area contributed by atoms with E-state index in [0.29, 0.717) is 0 Å². The van der Waals surface area contributed by atoms with Crippen molar-refractivity contribution in [2.75, 3.05) is 0 Å².